The average molecular weight is 621 g/mol. The topological polar surface area (TPSA) is 79.7 Å². The molecule has 4 rings (SSSR count). The molecule has 1 amide bonds. The lowest BCUT2D eigenvalue weighted by molar-refractivity contribution is -0.137. The first-order valence-electron chi connectivity index (χ1n) is 13.5. The molecule has 0 saturated heterocycles. The van der Waals surface area contributed by atoms with E-state index in [2.05, 4.69) is 4.98 Å². The van der Waals surface area contributed by atoms with Crippen LogP contribution in [0.15, 0.2) is 78.9 Å². The molecule has 1 aromatic heterocycles. The number of carbonyl (C=O) groups is 2. The second-order valence-corrected chi connectivity index (χ2v) is 13.4. The molecule has 0 saturated carbocycles. The molecular weight excluding hydrogens is 588 g/mol. The molecule has 0 radical (unpaired) electrons. The lowest BCUT2D eigenvalue weighted by Crippen LogP contribution is -2.29. The summed E-state index contributed by atoms with van der Waals surface area (Å²) in [6.45, 7) is 1.88. The summed E-state index contributed by atoms with van der Waals surface area (Å²) >= 11 is 6.12. The highest BCUT2D eigenvalue weighted by atomic mass is 35.5. The van der Waals surface area contributed by atoms with Gasteiger partial charge >= 0.3 is 5.97 Å². The number of hydrogen-bond acceptors (Lipinski definition) is 6. The van der Waals surface area contributed by atoms with Crippen molar-refractivity contribution < 1.29 is 19.4 Å². The van der Waals surface area contributed by atoms with E-state index in [4.69, 9.17) is 16.3 Å². The van der Waals surface area contributed by atoms with E-state index in [1.54, 1.807) is 29.8 Å². The van der Waals surface area contributed by atoms with E-state index in [0.717, 1.165) is 27.7 Å². The van der Waals surface area contributed by atoms with Crippen molar-refractivity contribution in [2.24, 2.45) is 0 Å². The largest absolute Gasteiger partial charge is 0.481 e. The van der Waals surface area contributed by atoms with Gasteiger partial charge in [-0.25, -0.2) is 4.98 Å². The van der Waals surface area contributed by atoms with Crippen molar-refractivity contribution in [1.29, 1.82) is 0 Å². The highest BCUT2D eigenvalue weighted by molar-refractivity contribution is 8.77. The van der Waals surface area contributed by atoms with Crippen LogP contribution >= 0.6 is 33.2 Å². The van der Waals surface area contributed by atoms with Gasteiger partial charge in [0.05, 0.1) is 16.5 Å². The van der Waals surface area contributed by atoms with E-state index in [1.165, 1.54) is 10.8 Å². The van der Waals surface area contributed by atoms with Gasteiger partial charge in [0.15, 0.2) is 0 Å². The Morgan fingerprint density at radius 1 is 0.976 bits per heavy atom. The van der Waals surface area contributed by atoms with Gasteiger partial charge in [0, 0.05) is 36.2 Å². The number of hydrogen-bond donors (Lipinski definition) is 1. The molecule has 0 aliphatic rings. The second kappa shape index (κ2) is 15.1. The van der Waals surface area contributed by atoms with Crippen LogP contribution in [0.25, 0.3) is 23.1 Å². The summed E-state index contributed by atoms with van der Waals surface area (Å²) in [5.74, 6) is 0.619. The van der Waals surface area contributed by atoms with E-state index < -0.39 is 5.97 Å². The summed E-state index contributed by atoms with van der Waals surface area (Å²) < 4.78 is 6.20. The molecule has 218 valence electrons. The molecule has 0 aliphatic carbocycles. The molecule has 9 heteroatoms. The van der Waals surface area contributed by atoms with Crippen molar-refractivity contribution in [2.45, 2.75) is 36.7 Å². The van der Waals surface area contributed by atoms with Gasteiger partial charge in [-0.3, -0.25) is 9.59 Å². The van der Waals surface area contributed by atoms with E-state index >= 15 is 0 Å². The Labute approximate surface area is 259 Å². The number of pyridine rings is 1. The fraction of sp³-hybridized carbons (Fsp3) is 0.242. The number of amides is 1. The number of nitrogens with zero attached hydrogens (tertiary/aromatic N) is 2. The third-order valence-corrected chi connectivity index (χ3v) is 9.91. The van der Waals surface area contributed by atoms with Crippen LogP contribution in [0.3, 0.4) is 0 Å². The maximum Gasteiger partial charge on any atom is 0.303 e. The van der Waals surface area contributed by atoms with Crippen LogP contribution in [-0.4, -0.2) is 51.5 Å². The van der Waals surface area contributed by atoms with Crippen molar-refractivity contribution in [3.63, 3.8) is 0 Å². The molecule has 0 spiro atoms. The molecule has 1 heterocycles. The van der Waals surface area contributed by atoms with E-state index in [9.17, 15) is 14.7 Å². The average Bonchev–Trinajstić information content (AvgIpc) is 2.97. The molecule has 2 atom stereocenters. The fourth-order valence-electron chi connectivity index (χ4n) is 4.23. The first kappa shape index (κ1) is 31.5. The molecule has 2 unspecified atom stereocenters. The van der Waals surface area contributed by atoms with Gasteiger partial charge in [-0.05, 0) is 79.4 Å². The number of carboxylic acids is 1. The van der Waals surface area contributed by atoms with Gasteiger partial charge in [-0.15, -0.1) is 0 Å². The number of carbonyl (C=O) groups excluding carboxylic acids is 1. The highest BCUT2D eigenvalue weighted by Crippen LogP contribution is 2.36. The number of halogens is 1. The molecule has 42 heavy (non-hydrogen) atoms. The predicted octanol–water partition coefficient (Wildman–Crippen LogP) is 8.48. The van der Waals surface area contributed by atoms with Gasteiger partial charge in [0.2, 0.25) is 5.91 Å². The van der Waals surface area contributed by atoms with Crippen LogP contribution in [0, 0.1) is 0 Å². The van der Waals surface area contributed by atoms with Crippen LogP contribution < -0.4 is 4.74 Å². The molecule has 0 bridgehead atoms. The maximum absolute atomic E-state index is 12.3. The van der Waals surface area contributed by atoms with Gasteiger partial charge < -0.3 is 14.7 Å². The third kappa shape index (κ3) is 9.54. The standard InChI is InChI=1S/C33H33ClN2O4S2/c1-22(33(39)36(2)3)41-42-30(16-17-32(37)38)20-24-7-5-9-29(19-24)40-28-8-4-6-23(18-28)10-14-27-15-12-25-11-13-26(34)21-31(25)35-27/h4-15,18-19,21-22,30H,16-17,20H2,1-3H3,(H,37,38)/b14-10+. The number of rotatable bonds is 13. The Kier molecular flexibility index (Phi) is 11.3. The van der Waals surface area contributed by atoms with Gasteiger partial charge in [-0.2, -0.15) is 0 Å². The Bertz CT molecular complexity index is 1580. The maximum atomic E-state index is 12.3. The van der Waals surface area contributed by atoms with Crippen molar-refractivity contribution >= 4 is 68.1 Å². The lowest BCUT2D eigenvalue weighted by Gasteiger charge is -2.20. The normalized spacial score (nSPS) is 12.8. The number of ether oxygens (including phenoxy) is 1. The molecule has 6 nitrogen and oxygen atoms in total. The quantitative estimate of drug-likeness (QED) is 0.150. The first-order valence-corrected chi connectivity index (χ1v) is 16.2. The lowest BCUT2D eigenvalue weighted by atomic mass is 10.1. The van der Waals surface area contributed by atoms with Crippen molar-refractivity contribution in [2.75, 3.05) is 14.1 Å². The minimum absolute atomic E-state index is 0.0342. The summed E-state index contributed by atoms with van der Waals surface area (Å²) in [5, 5.41) is 10.8. The van der Waals surface area contributed by atoms with Crippen LogP contribution in [0.1, 0.15) is 36.6 Å². The minimum Gasteiger partial charge on any atom is -0.481 e. The predicted molar refractivity (Wildman–Crippen MR) is 176 cm³/mol. The Balaban J connectivity index is 1.42. The van der Waals surface area contributed by atoms with Crippen LogP contribution in [-0.2, 0) is 16.0 Å². The Hall–Kier alpha value is -3.46. The molecular formula is C33H33ClN2O4S2. The Morgan fingerprint density at radius 3 is 2.48 bits per heavy atom. The smallest absolute Gasteiger partial charge is 0.303 e. The van der Waals surface area contributed by atoms with Crippen LogP contribution in [0.2, 0.25) is 5.02 Å². The SMILES string of the molecule is CC(SSC(CCC(=O)O)Cc1cccc(Oc2cccc(/C=C/c3ccc4ccc(Cl)cc4n3)c2)c1)C(=O)N(C)C. The van der Waals surface area contributed by atoms with Gasteiger partial charge in [0.1, 0.15) is 11.5 Å². The summed E-state index contributed by atoms with van der Waals surface area (Å²) in [6.07, 6.45) is 5.20. The summed E-state index contributed by atoms with van der Waals surface area (Å²) in [6, 6.07) is 25.3. The van der Waals surface area contributed by atoms with E-state index in [0.29, 0.717) is 29.4 Å². The van der Waals surface area contributed by atoms with Gasteiger partial charge in [0.25, 0.3) is 0 Å². The van der Waals surface area contributed by atoms with Crippen molar-refractivity contribution in [3.8, 4) is 11.5 Å². The zero-order chi connectivity index (χ0) is 30.1. The zero-order valence-corrected chi connectivity index (χ0v) is 26.1. The molecule has 4 aromatic rings. The third-order valence-electron chi connectivity index (χ3n) is 6.38. The molecule has 1 N–H and O–H groups in total. The van der Waals surface area contributed by atoms with Crippen LogP contribution in [0.5, 0.6) is 11.5 Å². The summed E-state index contributed by atoms with van der Waals surface area (Å²) in [4.78, 5) is 29.8. The fourth-order valence-corrected chi connectivity index (χ4v) is 7.20. The molecule has 3 aromatic carbocycles. The minimum atomic E-state index is -0.824. The number of aliphatic carboxylic acids is 1. The molecule has 0 fully saturated rings. The number of aromatic nitrogens is 1. The second-order valence-electron chi connectivity index (χ2n) is 10.1. The number of fused-ring (bicyclic) bond motifs is 1. The summed E-state index contributed by atoms with van der Waals surface area (Å²) in [5.41, 5.74) is 3.69. The van der Waals surface area contributed by atoms with E-state index in [-0.39, 0.29) is 22.8 Å². The van der Waals surface area contributed by atoms with Crippen molar-refractivity contribution in [3.05, 3.63) is 101 Å². The first-order chi connectivity index (χ1) is 20.2. The monoisotopic (exact) mass is 620 g/mol. The number of benzene rings is 3. The van der Waals surface area contributed by atoms with E-state index in [1.807, 2.05) is 97.9 Å². The Morgan fingerprint density at radius 2 is 1.71 bits per heavy atom. The van der Waals surface area contributed by atoms with Gasteiger partial charge in [-0.1, -0.05) is 75.7 Å². The molecule has 0 aliphatic heterocycles. The summed E-state index contributed by atoms with van der Waals surface area (Å²) in [7, 11) is 6.54. The zero-order valence-electron chi connectivity index (χ0n) is 23.7. The number of carboxylic acid groups (broad SMARTS) is 1. The van der Waals surface area contributed by atoms with Crippen LogP contribution in [0.4, 0.5) is 0 Å². The highest BCUT2D eigenvalue weighted by Gasteiger charge is 2.20. The van der Waals surface area contributed by atoms with Crippen molar-refractivity contribution in [1.82, 2.24) is 9.88 Å².